The summed E-state index contributed by atoms with van der Waals surface area (Å²) in [7, 11) is 0. The molecule has 1 rings (SSSR count). The van der Waals surface area contributed by atoms with E-state index >= 15 is 0 Å². The molecule has 0 amide bonds. The lowest BCUT2D eigenvalue weighted by Gasteiger charge is -1.96. The third kappa shape index (κ3) is 2.21. The van der Waals surface area contributed by atoms with Gasteiger partial charge in [-0.05, 0) is 18.0 Å². The average Bonchev–Trinajstić information content (AvgIpc) is 2.09. The molecule has 0 unspecified atom stereocenters. The predicted molar refractivity (Wildman–Crippen MR) is 41.9 cm³/mol. The fourth-order valence-corrected chi connectivity index (χ4v) is 0.821. The summed E-state index contributed by atoms with van der Waals surface area (Å²) in [6.45, 7) is 0.263. The molecule has 0 radical (unpaired) electrons. The summed E-state index contributed by atoms with van der Waals surface area (Å²) < 4.78 is 12.8. The maximum atomic E-state index is 12.8. The van der Waals surface area contributed by atoms with Crippen LogP contribution < -0.4 is 0 Å². The largest absolute Gasteiger partial charge is 0.228 e. The Morgan fingerprint density at radius 1 is 1.67 bits per heavy atom. The minimum Gasteiger partial charge on any atom is -0.228 e. The third-order valence-electron chi connectivity index (χ3n) is 1.38. The Morgan fingerprint density at radius 2 is 2.50 bits per heavy atom. The molecule has 1 aromatic rings. The van der Waals surface area contributed by atoms with Crippen LogP contribution in [-0.4, -0.2) is 11.5 Å². The van der Waals surface area contributed by atoms with Crippen molar-refractivity contribution < 1.29 is 4.39 Å². The van der Waals surface area contributed by atoms with Crippen LogP contribution in [0.5, 0.6) is 0 Å². The summed E-state index contributed by atoms with van der Waals surface area (Å²) in [5.41, 5.74) is 8.44. The molecule has 0 aliphatic rings. The molecule has 5 heteroatoms. The standard InChI is InChI=1S/C7H7FN4/c8-7-6(2-1-4-10-7)3-5-11-12-9/h1-2,4H,3,5H2. The molecule has 62 valence electrons. The number of rotatable bonds is 3. The molecule has 4 nitrogen and oxygen atoms in total. The van der Waals surface area contributed by atoms with Crippen molar-refractivity contribution in [3.63, 3.8) is 0 Å². The highest BCUT2D eigenvalue weighted by atomic mass is 19.1. The van der Waals surface area contributed by atoms with Gasteiger partial charge in [0.25, 0.3) is 0 Å². The summed E-state index contributed by atoms with van der Waals surface area (Å²) in [5, 5.41) is 3.29. The van der Waals surface area contributed by atoms with Crippen molar-refractivity contribution >= 4 is 0 Å². The van der Waals surface area contributed by atoms with Crippen LogP contribution >= 0.6 is 0 Å². The fraction of sp³-hybridized carbons (Fsp3) is 0.286. The molecule has 1 heterocycles. The smallest absolute Gasteiger partial charge is 0.216 e. The Labute approximate surface area is 68.7 Å². The van der Waals surface area contributed by atoms with Gasteiger partial charge in [-0.3, -0.25) is 0 Å². The maximum Gasteiger partial charge on any atom is 0.216 e. The molecule has 0 fully saturated rings. The van der Waals surface area contributed by atoms with E-state index < -0.39 is 5.95 Å². The number of nitrogens with zero attached hydrogens (tertiary/aromatic N) is 4. The Hall–Kier alpha value is -1.61. The van der Waals surface area contributed by atoms with Gasteiger partial charge in [0.1, 0.15) is 0 Å². The van der Waals surface area contributed by atoms with Gasteiger partial charge in [-0.15, -0.1) is 0 Å². The zero-order valence-corrected chi connectivity index (χ0v) is 6.31. The number of aromatic nitrogens is 1. The molecule has 0 bridgehead atoms. The van der Waals surface area contributed by atoms with Gasteiger partial charge in [0.15, 0.2) is 0 Å². The fourth-order valence-electron chi connectivity index (χ4n) is 0.821. The molecule has 0 atom stereocenters. The van der Waals surface area contributed by atoms with E-state index in [2.05, 4.69) is 15.0 Å². The Balaban J connectivity index is 2.62. The van der Waals surface area contributed by atoms with Gasteiger partial charge >= 0.3 is 0 Å². The van der Waals surface area contributed by atoms with E-state index in [9.17, 15) is 4.39 Å². The second-order valence-corrected chi connectivity index (χ2v) is 2.16. The van der Waals surface area contributed by atoms with Crippen LogP contribution in [0.15, 0.2) is 23.4 Å². The lowest BCUT2D eigenvalue weighted by molar-refractivity contribution is 0.566. The van der Waals surface area contributed by atoms with E-state index in [1.54, 1.807) is 12.1 Å². The summed E-state index contributed by atoms with van der Waals surface area (Å²) in [6.07, 6.45) is 1.77. The molecule has 0 aliphatic carbocycles. The van der Waals surface area contributed by atoms with Crippen molar-refractivity contribution in [3.05, 3.63) is 40.3 Å². The quantitative estimate of drug-likeness (QED) is 0.293. The SMILES string of the molecule is [N-]=[N+]=NCCc1cccnc1F. The minimum absolute atomic E-state index is 0.263. The highest BCUT2D eigenvalue weighted by Gasteiger charge is 1.99. The zero-order valence-electron chi connectivity index (χ0n) is 6.31. The summed E-state index contributed by atoms with van der Waals surface area (Å²) in [6, 6.07) is 3.27. The van der Waals surface area contributed by atoms with E-state index in [0.717, 1.165) is 0 Å². The van der Waals surface area contributed by atoms with Crippen LogP contribution in [0.3, 0.4) is 0 Å². The van der Waals surface area contributed by atoms with Gasteiger partial charge < -0.3 is 0 Å². The van der Waals surface area contributed by atoms with Crippen molar-refractivity contribution in [2.24, 2.45) is 5.11 Å². The number of hydrogen-bond donors (Lipinski definition) is 0. The van der Waals surface area contributed by atoms with Crippen molar-refractivity contribution in [1.29, 1.82) is 0 Å². The molecule has 0 aliphatic heterocycles. The first-order valence-corrected chi connectivity index (χ1v) is 3.45. The first kappa shape index (κ1) is 8.49. The zero-order chi connectivity index (χ0) is 8.81. The lowest BCUT2D eigenvalue weighted by atomic mass is 10.2. The molecule has 0 N–H and O–H groups in total. The van der Waals surface area contributed by atoms with Crippen LogP contribution in [0.25, 0.3) is 10.4 Å². The van der Waals surface area contributed by atoms with Crippen LogP contribution in [0, 0.1) is 5.95 Å². The van der Waals surface area contributed by atoms with Crippen molar-refractivity contribution in [3.8, 4) is 0 Å². The summed E-state index contributed by atoms with van der Waals surface area (Å²) in [4.78, 5) is 6.02. The van der Waals surface area contributed by atoms with Gasteiger partial charge in [-0.1, -0.05) is 11.2 Å². The highest BCUT2D eigenvalue weighted by molar-refractivity contribution is 5.10. The Bertz CT molecular complexity index is 306. The van der Waals surface area contributed by atoms with E-state index in [1.165, 1.54) is 6.20 Å². The van der Waals surface area contributed by atoms with Gasteiger partial charge in [0.05, 0.1) is 0 Å². The number of hydrogen-bond acceptors (Lipinski definition) is 2. The van der Waals surface area contributed by atoms with Crippen molar-refractivity contribution in [2.45, 2.75) is 6.42 Å². The number of pyridine rings is 1. The van der Waals surface area contributed by atoms with Gasteiger partial charge in [-0.25, -0.2) is 4.98 Å². The van der Waals surface area contributed by atoms with Crippen molar-refractivity contribution in [1.82, 2.24) is 4.98 Å². The third-order valence-corrected chi connectivity index (χ3v) is 1.38. The van der Waals surface area contributed by atoms with Gasteiger partial charge in [-0.2, -0.15) is 4.39 Å². The first-order valence-electron chi connectivity index (χ1n) is 3.45. The van der Waals surface area contributed by atoms with E-state index in [-0.39, 0.29) is 6.54 Å². The predicted octanol–water partition coefficient (Wildman–Crippen LogP) is 2.07. The first-order chi connectivity index (χ1) is 5.84. The van der Waals surface area contributed by atoms with E-state index in [0.29, 0.717) is 12.0 Å². The lowest BCUT2D eigenvalue weighted by Crippen LogP contribution is -1.94. The maximum absolute atomic E-state index is 12.8. The number of halogens is 1. The second-order valence-electron chi connectivity index (χ2n) is 2.16. The van der Waals surface area contributed by atoms with Crippen LogP contribution in [0.1, 0.15) is 5.56 Å². The summed E-state index contributed by atoms with van der Waals surface area (Å²) in [5.74, 6) is -0.495. The molecule has 0 saturated heterocycles. The van der Waals surface area contributed by atoms with Gasteiger partial charge in [0.2, 0.25) is 5.95 Å². The van der Waals surface area contributed by atoms with E-state index in [1.807, 2.05) is 0 Å². The molecule has 0 spiro atoms. The van der Waals surface area contributed by atoms with Crippen LogP contribution in [0.2, 0.25) is 0 Å². The Kier molecular flexibility index (Phi) is 3.04. The molecular formula is C7H7FN4. The van der Waals surface area contributed by atoms with Crippen LogP contribution in [-0.2, 0) is 6.42 Å². The Morgan fingerprint density at radius 3 is 3.17 bits per heavy atom. The van der Waals surface area contributed by atoms with E-state index in [4.69, 9.17) is 5.53 Å². The topological polar surface area (TPSA) is 61.7 Å². The molecular weight excluding hydrogens is 159 g/mol. The molecule has 0 saturated carbocycles. The highest BCUT2D eigenvalue weighted by Crippen LogP contribution is 2.03. The van der Waals surface area contributed by atoms with Crippen molar-refractivity contribution in [2.75, 3.05) is 6.54 Å². The van der Waals surface area contributed by atoms with Gasteiger partial charge in [0, 0.05) is 23.2 Å². The van der Waals surface area contributed by atoms with Crippen LogP contribution in [0.4, 0.5) is 4.39 Å². The molecule has 1 aromatic heterocycles. The number of azide groups is 1. The minimum atomic E-state index is -0.495. The summed E-state index contributed by atoms with van der Waals surface area (Å²) >= 11 is 0. The normalized spacial score (nSPS) is 9.08. The monoisotopic (exact) mass is 166 g/mol. The average molecular weight is 166 g/mol. The molecule has 0 aromatic carbocycles. The molecule has 12 heavy (non-hydrogen) atoms. The second kappa shape index (κ2) is 4.31.